The lowest BCUT2D eigenvalue weighted by Gasteiger charge is -2.17. The van der Waals surface area contributed by atoms with Gasteiger partial charge < -0.3 is 11.1 Å². The molecule has 0 radical (unpaired) electrons. The molecule has 0 aromatic heterocycles. The van der Waals surface area contributed by atoms with Crippen LogP contribution in [0.2, 0.25) is 0 Å². The first-order valence-electron chi connectivity index (χ1n) is 5.80. The first-order valence-corrected chi connectivity index (χ1v) is 5.80. The van der Waals surface area contributed by atoms with Gasteiger partial charge >= 0.3 is 0 Å². The van der Waals surface area contributed by atoms with Crippen molar-refractivity contribution in [1.82, 2.24) is 0 Å². The monoisotopic (exact) mass is 224 g/mol. The zero-order chi connectivity index (χ0) is 12.1. The third-order valence-corrected chi connectivity index (χ3v) is 2.59. The van der Waals surface area contributed by atoms with E-state index in [1.807, 2.05) is 0 Å². The number of anilines is 2. The summed E-state index contributed by atoms with van der Waals surface area (Å²) in [5, 5.41) is 3.24. The Hall–Kier alpha value is -1.25. The van der Waals surface area contributed by atoms with Crippen molar-refractivity contribution in [3.05, 3.63) is 24.0 Å². The van der Waals surface area contributed by atoms with Crippen molar-refractivity contribution in [1.29, 1.82) is 0 Å². The van der Waals surface area contributed by atoms with Gasteiger partial charge in [-0.15, -0.1) is 0 Å². The van der Waals surface area contributed by atoms with Crippen LogP contribution in [0, 0.1) is 11.7 Å². The van der Waals surface area contributed by atoms with E-state index < -0.39 is 0 Å². The summed E-state index contributed by atoms with van der Waals surface area (Å²) >= 11 is 0. The fraction of sp³-hybridized carbons (Fsp3) is 0.538. The molecule has 0 amide bonds. The normalized spacial score (nSPS) is 12.8. The summed E-state index contributed by atoms with van der Waals surface area (Å²) in [6.45, 7) is 6.49. The van der Waals surface area contributed by atoms with Gasteiger partial charge in [0.2, 0.25) is 0 Å². The van der Waals surface area contributed by atoms with E-state index in [0.717, 1.165) is 12.8 Å². The number of rotatable bonds is 5. The lowest BCUT2D eigenvalue weighted by molar-refractivity contribution is 0.527. The molecule has 1 aromatic rings. The van der Waals surface area contributed by atoms with Gasteiger partial charge in [0.15, 0.2) is 0 Å². The number of hydrogen-bond donors (Lipinski definition) is 2. The number of nitrogens with one attached hydrogen (secondary N) is 1. The van der Waals surface area contributed by atoms with E-state index in [-0.39, 0.29) is 5.82 Å². The van der Waals surface area contributed by atoms with Gasteiger partial charge in [0, 0.05) is 6.04 Å². The molecule has 0 aliphatic carbocycles. The van der Waals surface area contributed by atoms with Crippen LogP contribution in [-0.2, 0) is 0 Å². The summed E-state index contributed by atoms with van der Waals surface area (Å²) in [6.07, 6.45) is 2.22. The van der Waals surface area contributed by atoms with Gasteiger partial charge in [-0.1, -0.05) is 13.8 Å². The third-order valence-electron chi connectivity index (χ3n) is 2.59. The molecule has 0 aliphatic heterocycles. The zero-order valence-corrected chi connectivity index (χ0v) is 10.3. The van der Waals surface area contributed by atoms with Crippen molar-refractivity contribution in [2.45, 2.75) is 39.7 Å². The highest BCUT2D eigenvalue weighted by Gasteiger charge is 2.06. The maximum Gasteiger partial charge on any atom is 0.125 e. The van der Waals surface area contributed by atoms with Crippen LogP contribution in [0.15, 0.2) is 18.2 Å². The smallest absolute Gasteiger partial charge is 0.125 e. The maximum atomic E-state index is 13.0. The average Bonchev–Trinajstić information content (AvgIpc) is 2.20. The first-order chi connectivity index (χ1) is 7.49. The Balaban J connectivity index is 2.55. The van der Waals surface area contributed by atoms with Gasteiger partial charge in [-0.05, 0) is 43.9 Å². The van der Waals surface area contributed by atoms with E-state index in [0.29, 0.717) is 23.3 Å². The van der Waals surface area contributed by atoms with Gasteiger partial charge in [0.05, 0.1) is 11.4 Å². The van der Waals surface area contributed by atoms with Crippen molar-refractivity contribution >= 4 is 11.4 Å². The fourth-order valence-corrected chi connectivity index (χ4v) is 1.57. The topological polar surface area (TPSA) is 38.0 Å². The molecule has 16 heavy (non-hydrogen) atoms. The quantitative estimate of drug-likeness (QED) is 0.749. The molecule has 3 heteroatoms. The molecule has 0 heterocycles. The van der Waals surface area contributed by atoms with E-state index in [4.69, 9.17) is 5.73 Å². The Bertz CT molecular complexity index is 337. The Morgan fingerprint density at radius 3 is 2.56 bits per heavy atom. The molecule has 1 rings (SSSR count). The Morgan fingerprint density at radius 2 is 1.94 bits per heavy atom. The number of hydrogen-bond acceptors (Lipinski definition) is 2. The van der Waals surface area contributed by atoms with Gasteiger partial charge in [-0.2, -0.15) is 0 Å². The van der Waals surface area contributed by atoms with E-state index in [2.05, 4.69) is 26.1 Å². The van der Waals surface area contributed by atoms with E-state index in [9.17, 15) is 4.39 Å². The second kappa shape index (κ2) is 5.73. The summed E-state index contributed by atoms with van der Waals surface area (Å²) in [5.41, 5.74) is 7.05. The lowest BCUT2D eigenvalue weighted by Crippen LogP contribution is -2.16. The van der Waals surface area contributed by atoms with Crippen LogP contribution in [0.25, 0.3) is 0 Å². The van der Waals surface area contributed by atoms with Crippen LogP contribution in [0.5, 0.6) is 0 Å². The Morgan fingerprint density at radius 1 is 1.25 bits per heavy atom. The van der Waals surface area contributed by atoms with Crippen molar-refractivity contribution in [3.63, 3.8) is 0 Å². The summed E-state index contributed by atoms with van der Waals surface area (Å²) in [4.78, 5) is 0. The van der Waals surface area contributed by atoms with Crippen LogP contribution in [0.4, 0.5) is 15.8 Å². The molecule has 0 saturated carbocycles. The van der Waals surface area contributed by atoms with Crippen molar-refractivity contribution in [3.8, 4) is 0 Å². The second-order valence-corrected chi connectivity index (χ2v) is 4.75. The number of nitrogen functional groups attached to an aromatic ring is 1. The lowest BCUT2D eigenvalue weighted by atomic mass is 10.0. The Kier molecular flexibility index (Phi) is 4.59. The summed E-state index contributed by atoms with van der Waals surface area (Å²) in [7, 11) is 0. The molecule has 1 atom stereocenters. The van der Waals surface area contributed by atoms with Crippen molar-refractivity contribution in [2.75, 3.05) is 11.1 Å². The molecular formula is C13H21FN2. The standard InChI is InChI=1S/C13H21FN2/c1-9(2)4-5-10(3)16-13-8-11(14)6-7-12(13)15/h6-10,16H,4-5,15H2,1-3H3. The van der Waals surface area contributed by atoms with Crippen LogP contribution in [-0.4, -0.2) is 6.04 Å². The summed E-state index contributed by atoms with van der Waals surface area (Å²) < 4.78 is 13.0. The van der Waals surface area contributed by atoms with Gasteiger partial charge in [0.25, 0.3) is 0 Å². The van der Waals surface area contributed by atoms with E-state index >= 15 is 0 Å². The molecule has 0 saturated heterocycles. The number of benzene rings is 1. The SMILES string of the molecule is CC(C)CCC(C)Nc1cc(F)ccc1N. The van der Waals surface area contributed by atoms with Gasteiger partial charge in [-0.25, -0.2) is 4.39 Å². The highest BCUT2D eigenvalue weighted by Crippen LogP contribution is 2.21. The van der Waals surface area contributed by atoms with Crippen LogP contribution in [0.3, 0.4) is 0 Å². The van der Waals surface area contributed by atoms with E-state index in [1.54, 1.807) is 6.07 Å². The minimum atomic E-state index is -0.257. The molecule has 2 nitrogen and oxygen atoms in total. The minimum absolute atomic E-state index is 0.257. The molecule has 0 spiro atoms. The number of nitrogens with two attached hydrogens (primary N) is 1. The highest BCUT2D eigenvalue weighted by atomic mass is 19.1. The van der Waals surface area contributed by atoms with E-state index in [1.165, 1.54) is 12.1 Å². The number of halogens is 1. The molecule has 90 valence electrons. The predicted molar refractivity (Wildman–Crippen MR) is 68.0 cm³/mol. The molecular weight excluding hydrogens is 203 g/mol. The van der Waals surface area contributed by atoms with Crippen LogP contribution in [0.1, 0.15) is 33.6 Å². The molecule has 3 N–H and O–H groups in total. The minimum Gasteiger partial charge on any atom is -0.397 e. The Labute approximate surface area is 97.0 Å². The summed E-state index contributed by atoms with van der Waals surface area (Å²) in [6, 6.07) is 4.72. The highest BCUT2D eigenvalue weighted by molar-refractivity contribution is 5.66. The summed E-state index contributed by atoms with van der Waals surface area (Å²) in [5.74, 6) is 0.432. The fourth-order valence-electron chi connectivity index (χ4n) is 1.57. The molecule has 1 unspecified atom stereocenters. The average molecular weight is 224 g/mol. The van der Waals surface area contributed by atoms with Crippen LogP contribution >= 0.6 is 0 Å². The molecule has 0 aliphatic rings. The van der Waals surface area contributed by atoms with Crippen molar-refractivity contribution in [2.24, 2.45) is 5.92 Å². The largest absolute Gasteiger partial charge is 0.397 e. The molecule has 1 aromatic carbocycles. The van der Waals surface area contributed by atoms with Gasteiger partial charge in [-0.3, -0.25) is 0 Å². The first kappa shape index (κ1) is 12.8. The third kappa shape index (κ3) is 4.09. The van der Waals surface area contributed by atoms with Crippen LogP contribution < -0.4 is 11.1 Å². The predicted octanol–water partition coefficient (Wildman–Crippen LogP) is 3.64. The molecule has 0 fully saturated rings. The van der Waals surface area contributed by atoms with Gasteiger partial charge in [0.1, 0.15) is 5.82 Å². The second-order valence-electron chi connectivity index (χ2n) is 4.75. The molecule has 0 bridgehead atoms. The van der Waals surface area contributed by atoms with Crippen molar-refractivity contribution < 1.29 is 4.39 Å². The zero-order valence-electron chi connectivity index (χ0n) is 10.3. The maximum absolute atomic E-state index is 13.0.